The van der Waals surface area contributed by atoms with Crippen molar-refractivity contribution in [3.63, 3.8) is 0 Å². The fourth-order valence-corrected chi connectivity index (χ4v) is 6.75. The lowest BCUT2D eigenvalue weighted by Gasteiger charge is -2.29. The quantitative estimate of drug-likeness (QED) is 0.416. The normalized spacial score (nSPS) is 15.8. The Bertz CT molecular complexity index is 1270. The number of hydrogen-bond acceptors (Lipinski definition) is 7. The first-order valence-corrected chi connectivity index (χ1v) is 14.2. The zero-order valence-corrected chi connectivity index (χ0v) is 22.5. The molecule has 7 nitrogen and oxygen atoms in total. The number of aromatic nitrogens is 2. The van der Waals surface area contributed by atoms with Gasteiger partial charge in [0.1, 0.15) is 21.3 Å². The molecule has 1 fully saturated rings. The van der Waals surface area contributed by atoms with Gasteiger partial charge in [0, 0.05) is 9.35 Å². The van der Waals surface area contributed by atoms with Crippen molar-refractivity contribution in [3.8, 4) is 5.75 Å². The number of rotatable bonds is 7. The summed E-state index contributed by atoms with van der Waals surface area (Å²) in [6.45, 7) is 11.1. The highest BCUT2D eigenvalue weighted by molar-refractivity contribution is 9.10. The number of sulfonamides is 1. The van der Waals surface area contributed by atoms with Crippen LogP contribution >= 0.6 is 27.3 Å². The summed E-state index contributed by atoms with van der Waals surface area (Å²) in [7, 11) is -3.95. The maximum atomic E-state index is 13.5. The number of anilines is 1. The fourth-order valence-electron chi connectivity index (χ4n) is 4.01. The van der Waals surface area contributed by atoms with E-state index in [0.29, 0.717) is 35.0 Å². The summed E-state index contributed by atoms with van der Waals surface area (Å²) in [5.41, 5.74) is 0.991. The van der Waals surface area contributed by atoms with Crippen molar-refractivity contribution in [2.75, 3.05) is 24.4 Å². The van der Waals surface area contributed by atoms with Crippen molar-refractivity contribution < 1.29 is 13.2 Å². The summed E-state index contributed by atoms with van der Waals surface area (Å²) in [5, 5.41) is 0.755. The number of aryl methyl sites for hydroxylation is 2. The summed E-state index contributed by atoms with van der Waals surface area (Å²) >= 11 is 4.94. The third-order valence-corrected chi connectivity index (χ3v) is 9.00. The van der Waals surface area contributed by atoms with Crippen LogP contribution in [0.15, 0.2) is 27.6 Å². The highest BCUT2D eigenvalue weighted by atomic mass is 79.9. The molecule has 1 aliphatic rings. The Kier molecular flexibility index (Phi) is 7.28. The average molecular weight is 554 g/mol. The average Bonchev–Trinajstić information content (AvgIpc) is 3.04. The van der Waals surface area contributed by atoms with Crippen molar-refractivity contribution in [2.24, 2.45) is 5.92 Å². The van der Waals surface area contributed by atoms with Gasteiger partial charge in [-0.3, -0.25) is 9.62 Å². The van der Waals surface area contributed by atoms with Gasteiger partial charge < -0.3 is 4.74 Å². The highest BCUT2D eigenvalue weighted by Gasteiger charge is 2.25. The minimum Gasteiger partial charge on any atom is -0.492 e. The number of hydrogen-bond donors (Lipinski definition) is 1. The lowest BCUT2D eigenvalue weighted by atomic mass is 9.99. The standard InChI is InChI=1S/C23H29BrN4O3S2/c1-5-31-18-7-6-17(24)12-19(18)33(29,30)27-22-21-15(3)16(4)32-23(21)26-20(25-22)13-28-10-8-14(2)9-11-28/h6-7,12,14H,5,8-11,13H2,1-4H3,(H,25,26,27). The van der Waals surface area contributed by atoms with Gasteiger partial charge in [0.25, 0.3) is 10.0 Å². The molecule has 178 valence electrons. The Hall–Kier alpha value is -1.75. The smallest absolute Gasteiger partial charge is 0.266 e. The van der Waals surface area contributed by atoms with Gasteiger partial charge in [-0.15, -0.1) is 11.3 Å². The monoisotopic (exact) mass is 552 g/mol. The Morgan fingerprint density at radius 3 is 2.67 bits per heavy atom. The summed E-state index contributed by atoms with van der Waals surface area (Å²) in [4.78, 5) is 13.8. The van der Waals surface area contributed by atoms with Gasteiger partial charge in [0.2, 0.25) is 0 Å². The summed E-state index contributed by atoms with van der Waals surface area (Å²) < 4.78 is 35.9. The van der Waals surface area contributed by atoms with Gasteiger partial charge in [0.15, 0.2) is 5.82 Å². The van der Waals surface area contributed by atoms with Crippen LogP contribution in [0.5, 0.6) is 5.75 Å². The van der Waals surface area contributed by atoms with Gasteiger partial charge in [0.05, 0.1) is 18.5 Å². The molecular weight excluding hydrogens is 524 g/mol. The largest absolute Gasteiger partial charge is 0.492 e. The minimum absolute atomic E-state index is 0.0710. The Balaban J connectivity index is 1.74. The molecule has 0 amide bonds. The number of nitrogens with zero attached hydrogens (tertiary/aromatic N) is 3. The van der Waals surface area contributed by atoms with E-state index < -0.39 is 10.0 Å². The van der Waals surface area contributed by atoms with Crippen molar-refractivity contribution in [1.29, 1.82) is 0 Å². The number of thiophene rings is 1. The van der Waals surface area contributed by atoms with E-state index in [-0.39, 0.29) is 4.90 Å². The first kappa shape index (κ1) is 24.4. The van der Waals surface area contributed by atoms with Crippen LogP contribution in [0.25, 0.3) is 10.2 Å². The second-order valence-electron chi connectivity index (χ2n) is 8.54. The van der Waals surface area contributed by atoms with Crippen molar-refractivity contribution in [3.05, 3.63) is 38.9 Å². The van der Waals surface area contributed by atoms with Crippen LogP contribution in [-0.2, 0) is 16.6 Å². The van der Waals surface area contributed by atoms with Crippen molar-refractivity contribution in [2.45, 2.75) is 52.0 Å². The fraction of sp³-hybridized carbons (Fsp3) is 0.478. The molecule has 0 unspecified atom stereocenters. The SMILES string of the molecule is CCOc1ccc(Br)cc1S(=O)(=O)Nc1nc(CN2CCC(C)CC2)nc2sc(C)c(C)c12. The van der Waals surface area contributed by atoms with Crippen LogP contribution < -0.4 is 9.46 Å². The van der Waals surface area contributed by atoms with Crippen LogP contribution in [0.2, 0.25) is 0 Å². The van der Waals surface area contributed by atoms with E-state index in [1.807, 2.05) is 20.8 Å². The number of likely N-dealkylation sites (tertiary alicyclic amines) is 1. The Morgan fingerprint density at radius 2 is 1.97 bits per heavy atom. The zero-order chi connectivity index (χ0) is 23.8. The van der Waals surface area contributed by atoms with E-state index in [2.05, 4.69) is 32.5 Å². The maximum Gasteiger partial charge on any atom is 0.266 e. The van der Waals surface area contributed by atoms with E-state index >= 15 is 0 Å². The molecule has 3 aromatic rings. The number of fused-ring (bicyclic) bond motifs is 1. The van der Waals surface area contributed by atoms with E-state index in [4.69, 9.17) is 14.7 Å². The molecular formula is C23H29BrN4O3S2. The first-order valence-electron chi connectivity index (χ1n) is 11.1. The van der Waals surface area contributed by atoms with Gasteiger partial charge in [-0.05, 0) is 76.4 Å². The molecule has 10 heteroatoms. The molecule has 1 saturated heterocycles. The van der Waals surface area contributed by atoms with Crippen LogP contribution in [0.3, 0.4) is 0 Å². The number of nitrogens with one attached hydrogen (secondary N) is 1. The third-order valence-electron chi connectivity index (χ3n) is 6.04. The van der Waals surface area contributed by atoms with Crippen LogP contribution in [0.4, 0.5) is 5.82 Å². The molecule has 0 radical (unpaired) electrons. The molecule has 1 aromatic carbocycles. The second kappa shape index (κ2) is 9.85. The zero-order valence-electron chi connectivity index (χ0n) is 19.3. The summed E-state index contributed by atoms with van der Waals surface area (Å²) in [6, 6.07) is 4.96. The molecule has 3 heterocycles. The lowest BCUT2D eigenvalue weighted by molar-refractivity contribution is 0.181. The lowest BCUT2D eigenvalue weighted by Crippen LogP contribution is -2.33. The molecule has 1 aliphatic heterocycles. The predicted octanol–water partition coefficient (Wildman–Crippen LogP) is 5.50. The van der Waals surface area contributed by atoms with Crippen molar-refractivity contribution >= 4 is 53.3 Å². The number of halogens is 1. The van der Waals surface area contributed by atoms with Gasteiger partial charge >= 0.3 is 0 Å². The Morgan fingerprint density at radius 1 is 1.24 bits per heavy atom. The molecule has 33 heavy (non-hydrogen) atoms. The molecule has 0 aliphatic carbocycles. The van der Waals surface area contributed by atoms with E-state index in [0.717, 1.165) is 52.5 Å². The molecule has 0 bridgehead atoms. The highest BCUT2D eigenvalue weighted by Crippen LogP contribution is 2.36. The molecule has 0 atom stereocenters. The summed E-state index contributed by atoms with van der Waals surface area (Å²) in [5.74, 6) is 2.00. The number of benzene rings is 1. The van der Waals surface area contributed by atoms with E-state index in [1.165, 1.54) is 0 Å². The van der Waals surface area contributed by atoms with Gasteiger partial charge in [-0.1, -0.05) is 22.9 Å². The molecule has 0 saturated carbocycles. The van der Waals surface area contributed by atoms with Crippen LogP contribution in [0, 0.1) is 19.8 Å². The van der Waals surface area contributed by atoms with Gasteiger partial charge in [-0.2, -0.15) is 0 Å². The number of ether oxygens (including phenoxy) is 1. The minimum atomic E-state index is -3.95. The van der Waals surface area contributed by atoms with Crippen LogP contribution in [0.1, 0.15) is 43.0 Å². The third kappa shape index (κ3) is 5.34. The topological polar surface area (TPSA) is 84.4 Å². The molecule has 0 spiro atoms. The van der Waals surface area contributed by atoms with Gasteiger partial charge in [-0.25, -0.2) is 18.4 Å². The van der Waals surface area contributed by atoms with Crippen LogP contribution in [-0.4, -0.2) is 43.0 Å². The molecule has 4 rings (SSSR count). The number of piperidine rings is 1. The maximum absolute atomic E-state index is 13.5. The first-order chi connectivity index (χ1) is 15.7. The molecule has 2 aromatic heterocycles. The van der Waals surface area contributed by atoms with E-state index in [1.54, 1.807) is 29.5 Å². The second-order valence-corrected chi connectivity index (χ2v) is 12.3. The predicted molar refractivity (Wildman–Crippen MR) is 137 cm³/mol. The molecule has 1 N–H and O–H groups in total. The van der Waals surface area contributed by atoms with Crippen molar-refractivity contribution in [1.82, 2.24) is 14.9 Å². The van der Waals surface area contributed by atoms with E-state index in [9.17, 15) is 8.42 Å². The summed E-state index contributed by atoms with van der Waals surface area (Å²) in [6.07, 6.45) is 2.31. The Labute approximate surface area is 207 Å².